The summed E-state index contributed by atoms with van der Waals surface area (Å²) >= 11 is 0. The van der Waals surface area contributed by atoms with E-state index in [1.165, 1.54) is 6.08 Å². The van der Waals surface area contributed by atoms with Crippen molar-refractivity contribution in [2.24, 2.45) is 5.73 Å². The second-order valence-corrected chi connectivity index (χ2v) is 5.85. The number of rotatable bonds is 5. The van der Waals surface area contributed by atoms with Crippen molar-refractivity contribution in [3.05, 3.63) is 54.0 Å². The molecule has 0 saturated carbocycles. The summed E-state index contributed by atoms with van der Waals surface area (Å²) in [5, 5.41) is 1.16. The molecule has 92 valence electrons. The van der Waals surface area contributed by atoms with Crippen molar-refractivity contribution in [3.8, 4) is 0 Å². The number of hydrogen-bond acceptors (Lipinski definition) is 3. The molecule has 0 saturated heterocycles. The molecular formula is C13H17NO2S. The molecule has 0 radical (unpaired) electrons. The minimum Gasteiger partial charge on any atom is -0.324 e. The van der Waals surface area contributed by atoms with Crippen LogP contribution in [0.5, 0.6) is 0 Å². The number of nitrogens with two attached hydrogens (primary N) is 1. The maximum absolute atomic E-state index is 11.9. The van der Waals surface area contributed by atoms with E-state index in [0.717, 1.165) is 11.0 Å². The van der Waals surface area contributed by atoms with Crippen molar-refractivity contribution in [3.63, 3.8) is 0 Å². The Morgan fingerprint density at radius 2 is 2.00 bits per heavy atom. The maximum atomic E-state index is 11.9. The van der Waals surface area contributed by atoms with E-state index in [2.05, 4.69) is 6.58 Å². The van der Waals surface area contributed by atoms with Gasteiger partial charge in [-0.05, 0) is 25.5 Å². The largest absolute Gasteiger partial charge is 0.324 e. The van der Waals surface area contributed by atoms with Crippen molar-refractivity contribution in [1.29, 1.82) is 0 Å². The van der Waals surface area contributed by atoms with E-state index in [4.69, 9.17) is 5.73 Å². The second kappa shape index (κ2) is 5.80. The first-order chi connectivity index (χ1) is 7.92. The molecule has 0 aliphatic heterocycles. The van der Waals surface area contributed by atoms with Gasteiger partial charge in [-0.15, -0.1) is 6.58 Å². The van der Waals surface area contributed by atoms with Crippen LogP contribution in [0.25, 0.3) is 0 Å². The average molecular weight is 251 g/mol. The highest BCUT2D eigenvalue weighted by Gasteiger charge is 2.09. The van der Waals surface area contributed by atoms with Gasteiger partial charge < -0.3 is 5.73 Å². The van der Waals surface area contributed by atoms with Crippen LogP contribution >= 0.6 is 0 Å². The molecule has 1 rings (SSSR count). The molecule has 0 heterocycles. The summed E-state index contributed by atoms with van der Waals surface area (Å²) < 4.78 is 23.7. The molecule has 0 bridgehead atoms. The molecule has 1 unspecified atom stereocenters. The highest BCUT2D eigenvalue weighted by atomic mass is 32.2. The number of benzene rings is 1. The van der Waals surface area contributed by atoms with Gasteiger partial charge >= 0.3 is 0 Å². The van der Waals surface area contributed by atoms with E-state index in [0.29, 0.717) is 6.42 Å². The van der Waals surface area contributed by atoms with Crippen LogP contribution in [0, 0.1) is 0 Å². The van der Waals surface area contributed by atoms with E-state index in [-0.39, 0.29) is 10.9 Å². The van der Waals surface area contributed by atoms with E-state index in [1.807, 2.05) is 6.92 Å². The van der Waals surface area contributed by atoms with Gasteiger partial charge in [-0.2, -0.15) is 0 Å². The van der Waals surface area contributed by atoms with Crippen LogP contribution in [0.3, 0.4) is 0 Å². The summed E-state index contributed by atoms with van der Waals surface area (Å²) in [6.45, 7) is 5.59. The number of sulfone groups is 1. The minimum absolute atomic E-state index is 0.277. The fourth-order valence-corrected chi connectivity index (χ4v) is 2.47. The van der Waals surface area contributed by atoms with Gasteiger partial charge in [0.25, 0.3) is 0 Å². The molecular weight excluding hydrogens is 234 g/mol. The summed E-state index contributed by atoms with van der Waals surface area (Å²) in [7, 11) is -3.38. The van der Waals surface area contributed by atoms with Crippen LogP contribution in [0.15, 0.2) is 58.9 Å². The van der Waals surface area contributed by atoms with Gasteiger partial charge in [-0.1, -0.05) is 29.8 Å². The van der Waals surface area contributed by atoms with Crippen molar-refractivity contribution in [1.82, 2.24) is 0 Å². The molecule has 0 amide bonds. The first kappa shape index (κ1) is 13.7. The normalized spacial score (nSPS) is 13.8. The molecule has 0 fully saturated rings. The van der Waals surface area contributed by atoms with Crippen molar-refractivity contribution in [2.45, 2.75) is 24.3 Å². The van der Waals surface area contributed by atoms with Crippen LogP contribution in [0.1, 0.15) is 13.3 Å². The molecule has 3 nitrogen and oxygen atoms in total. The van der Waals surface area contributed by atoms with E-state index in [1.54, 1.807) is 30.3 Å². The predicted octanol–water partition coefficient (Wildman–Crippen LogP) is 2.27. The van der Waals surface area contributed by atoms with Gasteiger partial charge in [0, 0.05) is 11.4 Å². The van der Waals surface area contributed by atoms with Gasteiger partial charge in [0.15, 0.2) is 9.84 Å². The van der Waals surface area contributed by atoms with Gasteiger partial charge in [0.1, 0.15) is 0 Å². The lowest BCUT2D eigenvalue weighted by atomic mass is 10.1. The molecule has 1 aromatic carbocycles. The van der Waals surface area contributed by atoms with Crippen LogP contribution in [-0.2, 0) is 9.84 Å². The molecule has 0 spiro atoms. The lowest BCUT2D eigenvalue weighted by Gasteiger charge is -2.05. The van der Waals surface area contributed by atoms with Gasteiger partial charge in [-0.3, -0.25) is 0 Å². The minimum atomic E-state index is -3.38. The van der Waals surface area contributed by atoms with Crippen LogP contribution < -0.4 is 5.73 Å². The predicted molar refractivity (Wildman–Crippen MR) is 70.2 cm³/mol. The Morgan fingerprint density at radius 1 is 1.41 bits per heavy atom. The first-order valence-corrected chi connectivity index (χ1v) is 6.85. The quantitative estimate of drug-likeness (QED) is 0.817. The standard InChI is InChI=1S/C13H17NO2S/c1-11(2)10-12(14)8-9-17(15,16)13-6-4-3-5-7-13/h3-9,12H,1,10,14H2,2H3/b9-8+. The average Bonchev–Trinajstić information content (AvgIpc) is 2.27. The Bertz CT molecular complexity index is 503. The van der Waals surface area contributed by atoms with Crippen LogP contribution in [0.4, 0.5) is 0 Å². The number of hydrogen-bond donors (Lipinski definition) is 1. The fraction of sp³-hybridized carbons (Fsp3) is 0.231. The fourth-order valence-electron chi connectivity index (χ4n) is 1.36. The first-order valence-electron chi connectivity index (χ1n) is 5.30. The van der Waals surface area contributed by atoms with Gasteiger partial charge in [0.2, 0.25) is 0 Å². The summed E-state index contributed by atoms with van der Waals surface area (Å²) in [5.41, 5.74) is 6.68. The monoisotopic (exact) mass is 251 g/mol. The molecule has 4 heteroatoms. The lowest BCUT2D eigenvalue weighted by Crippen LogP contribution is -2.17. The highest BCUT2D eigenvalue weighted by molar-refractivity contribution is 7.94. The Kier molecular flexibility index (Phi) is 4.66. The lowest BCUT2D eigenvalue weighted by molar-refractivity contribution is 0.604. The van der Waals surface area contributed by atoms with E-state index >= 15 is 0 Å². The third-order valence-corrected chi connectivity index (χ3v) is 3.61. The zero-order valence-corrected chi connectivity index (χ0v) is 10.7. The van der Waals surface area contributed by atoms with Gasteiger partial charge in [-0.25, -0.2) is 8.42 Å². The SMILES string of the molecule is C=C(C)CC(N)/C=C/S(=O)(=O)c1ccccc1. The molecule has 1 aromatic rings. The van der Waals surface area contributed by atoms with Crippen molar-refractivity contribution >= 4 is 9.84 Å². The molecule has 0 aliphatic rings. The van der Waals surface area contributed by atoms with Crippen molar-refractivity contribution in [2.75, 3.05) is 0 Å². The Balaban J connectivity index is 2.81. The summed E-state index contributed by atoms with van der Waals surface area (Å²) in [6.07, 6.45) is 2.08. The molecule has 1 atom stereocenters. The zero-order chi connectivity index (χ0) is 12.9. The maximum Gasteiger partial charge on any atom is 0.199 e. The summed E-state index contributed by atoms with van der Waals surface area (Å²) in [6, 6.07) is 7.96. The summed E-state index contributed by atoms with van der Waals surface area (Å²) in [5.74, 6) is 0. The van der Waals surface area contributed by atoms with E-state index in [9.17, 15) is 8.42 Å². The Labute approximate surface area is 103 Å². The van der Waals surface area contributed by atoms with Crippen LogP contribution in [0.2, 0.25) is 0 Å². The third-order valence-electron chi connectivity index (χ3n) is 2.16. The smallest absolute Gasteiger partial charge is 0.199 e. The van der Waals surface area contributed by atoms with Crippen LogP contribution in [-0.4, -0.2) is 14.5 Å². The molecule has 0 aromatic heterocycles. The Hall–Kier alpha value is -1.39. The second-order valence-electron chi connectivity index (χ2n) is 4.01. The molecule has 2 N–H and O–H groups in total. The van der Waals surface area contributed by atoms with E-state index < -0.39 is 9.84 Å². The Morgan fingerprint density at radius 3 is 2.53 bits per heavy atom. The zero-order valence-electron chi connectivity index (χ0n) is 9.84. The highest BCUT2D eigenvalue weighted by Crippen LogP contribution is 2.12. The summed E-state index contributed by atoms with van der Waals surface area (Å²) in [4.78, 5) is 0.277. The molecule has 17 heavy (non-hydrogen) atoms. The topological polar surface area (TPSA) is 60.2 Å². The molecule has 0 aliphatic carbocycles. The third kappa shape index (κ3) is 4.54. The van der Waals surface area contributed by atoms with Crippen molar-refractivity contribution < 1.29 is 8.42 Å². The van der Waals surface area contributed by atoms with Gasteiger partial charge in [0.05, 0.1) is 4.90 Å².